The molecular weight excluding hydrogens is 744 g/mol. The Hall–Kier alpha value is -6.07. The van der Waals surface area contributed by atoms with E-state index < -0.39 is 0 Å². The lowest BCUT2D eigenvalue weighted by molar-refractivity contribution is 0.473. The number of aryl methyl sites for hydroxylation is 4. The number of halogens is 1. The number of anilines is 3. The summed E-state index contributed by atoms with van der Waals surface area (Å²) < 4.78 is 0. The molecule has 0 saturated heterocycles. The number of nitrogen functional groups attached to an aromatic ring is 1. The number of hydrogen-bond acceptors (Lipinski definition) is 8. The third-order valence-electron chi connectivity index (χ3n) is 8.62. The summed E-state index contributed by atoms with van der Waals surface area (Å²) >= 11 is 5.93. The second kappa shape index (κ2) is 25.2. The Balaban J connectivity index is 0. The summed E-state index contributed by atoms with van der Waals surface area (Å²) in [6.45, 7) is 16.3. The van der Waals surface area contributed by atoms with Crippen LogP contribution in [0.2, 0.25) is 5.15 Å². The third kappa shape index (κ3) is 12.5. The molecule has 0 spiro atoms. The van der Waals surface area contributed by atoms with Crippen LogP contribution in [0.15, 0.2) is 73.3 Å². The van der Waals surface area contributed by atoms with Crippen molar-refractivity contribution < 1.29 is 32.1 Å². The molecule has 57 heavy (non-hydrogen) atoms. The first-order valence-corrected chi connectivity index (χ1v) is 17.9. The van der Waals surface area contributed by atoms with E-state index in [0.717, 1.165) is 74.1 Å². The summed E-state index contributed by atoms with van der Waals surface area (Å²) in [5.74, 6) is 1.43. The number of phenolic OH excluding ortho intramolecular Hbond substituents is 2. The molecule has 12 nitrogen and oxygen atoms in total. The molecule has 0 bridgehead atoms. The van der Waals surface area contributed by atoms with Gasteiger partial charge < -0.3 is 56.0 Å². The Labute approximate surface area is 340 Å². The minimum Gasteiger partial charge on any atom is -0.697 e. The summed E-state index contributed by atoms with van der Waals surface area (Å²) in [7, 11) is 0. The van der Waals surface area contributed by atoms with E-state index in [4.69, 9.17) is 23.8 Å². The highest BCUT2D eigenvalue weighted by Crippen LogP contribution is 2.36. The van der Waals surface area contributed by atoms with Gasteiger partial charge in [0, 0.05) is 33.3 Å². The fourth-order valence-electron chi connectivity index (χ4n) is 5.67. The monoisotopic (exact) mass is 799 g/mol. The van der Waals surface area contributed by atoms with Crippen LogP contribution in [0.4, 0.5) is 17.2 Å². The molecule has 2 aromatic heterocycles. The van der Waals surface area contributed by atoms with Crippen molar-refractivity contribution in [2.45, 2.75) is 68.2 Å². The van der Waals surface area contributed by atoms with Gasteiger partial charge in [-0.2, -0.15) is 0 Å². The molecule has 0 saturated carbocycles. The van der Waals surface area contributed by atoms with Crippen molar-refractivity contribution in [3.8, 4) is 17.9 Å². The lowest BCUT2D eigenvalue weighted by Crippen LogP contribution is -2.00. The molecule has 0 fully saturated rings. The molecule has 13 heteroatoms. The number of terminal acetylenes is 1. The topological polar surface area (TPSA) is 256 Å². The minimum atomic E-state index is 0. The first kappa shape index (κ1) is 53.0. The zero-order valence-electron chi connectivity index (χ0n) is 33.7. The maximum absolute atomic E-state index is 9.96. The highest BCUT2D eigenvalue weighted by atomic mass is 35.5. The van der Waals surface area contributed by atoms with Crippen LogP contribution in [0.3, 0.4) is 0 Å². The van der Waals surface area contributed by atoms with Crippen molar-refractivity contribution in [3.63, 3.8) is 0 Å². The normalized spacial score (nSPS) is 10.4. The van der Waals surface area contributed by atoms with Gasteiger partial charge >= 0.3 is 0 Å². The molecule has 0 unspecified atom stereocenters. The zero-order chi connectivity index (χ0) is 39.2. The number of aromatic hydroxyl groups is 2. The minimum absolute atomic E-state index is 0. The van der Waals surface area contributed by atoms with Crippen LogP contribution < -0.4 is 11.1 Å². The lowest BCUT2D eigenvalue weighted by atomic mass is 10.0. The molecule has 2 aliphatic carbocycles. The van der Waals surface area contributed by atoms with Crippen LogP contribution in [0.1, 0.15) is 72.2 Å². The highest BCUT2D eigenvalue weighted by Gasteiger charge is 2.16. The van der Waals surface area contributed by atoms with Crippen molar-refractivity contribution in [3.05, 3.63) is 129 Å². The van der Waals surface area contributed by atoms with Gasteiger partial charge in [-0.25, -0.2) is 19.9 Å². The van der Waals surface area contributed by atoms with E-state index in [1.165, 1.54) is 28.6 Å². The van der Waals surface area contributed by atoms with Gasteiger partial charge in [-0.05, 0) is 122 Å². The van der Waals surface area contributed by atoms with Crippen molar-refractivity contribution in [1.29, 1.82) is 0 Å². The second-order valence-corrected chi connectivity index (χ2v) is 12.1. The maximum Gasteiger partial charge on any atom is 0.141 e. The largest absolute Gasteiger partial charge is 0.697 e. The van der Waals surface area contributed by atoms with Crippen LogP contribution in [0.25, 0.3) is 34.0 Å². The number of allylic oxidation sites excluding steroid dienone is 2. The number of aromatic nitrogens is 4. The number of nitrogens with two attached hydrogens (primary N) is 1. The molecule has 0 radical (unpaired) electrons. The number of benzene rings is 4. The van der Waals surface area contributed by atoms with Crippen LogP contribution in [-0.2, 0) is 12.8 Å². The molecule has 306 valence electrons. The fourth-order valence-corrected chi connectivity index (χ4v) is 5.87. The standard InChI is InChI=1S/C19H17N3O.C10H9ClN2.C9H9NO.2C2H6.C2H.4H2O/c1-11-8-15-17(9-12(11)2)20-10-21-19(15)22-16-6-7-18(23)14-5-3-4-13(14)16;1-6-3-8-9(4-7(6)2)12-5-13-10(8)11;10-8-4-5-9(11)7-3-1-2-6(7)8;3*1-2;;;;/h3,5-10,23H,4H2,1-2H3,(H,20,21,22);3-5H,1-2H3;1,3-5,11H,2,10H2;2*1-2H3;1H;4*1H2/q;;;;;-1;;;;. The van der Waals surface area contributed by atoms with E-state index in [1.54, 1.807) is 24.5 Å². The number of hydrogen-bond donors (Lipinski definition) is 4. The van der Waals surface area contributed by atoms with Gasteiger partial charge in [0.2, 0.25) is 0 Å². The van der Waals surface area contributed by atoms with Crippen LogP contribution in [-0.4, -0.2) is 52.1 Å². The molecular formula is C44H56ClN6O6-. The second-order valence-electron chi connectivity index (χ2n) is 11.7. The molecule has 6 aromatic rings. The fraction of sp³-hybridized carbons (Fsp3) is 0.227. The first-order chi connectivity index (χ1) is 25.6. The van der Waals surface area contributed by atoms with Gasteiger partial charge in [-0.15, -0.1) is 0 Å². The average molecular weight is 800 g/mol. The Bertz CT molecular complexity index is 2290. The Morgan fingerprint density at radius 3 is 1.61 bits per heavy atom. The molecule has 2 heterocycles. The Morgan fingerprint density at radius 1 is 0.632 bits per heavy atom. The Kier molecular flexibility index (Phi) is 23.4. The predicted octanol–water partition coefficient (Wildman–Crippen LogP) is 7.67. The summed E-state index contributed by atoms with van der Waals surface area (Å²) in [5, 5.41) is 25.2. The third-order valence-corrected chi connectivity index (χ3v) is 8.92. The number of fused-ring (bicyclic) bond motifs is 4. The molecule has 0 aliphatic heterocycles. The van der Waals surface area contributed by atoms with E-state index in [-0.39, 0.29) is 21.9 Å². The van der Waals surface area contributed by atoms with Gasteiger partial charge in [0.05, 0.1) is 11.0 Å². The quantitative estimate of drug-likeness (QED) is 0.0443. The smallest absolute Gasteiger partial charge is 0.141 e. The van der Waals surface area contributed by atoms with Crippen molar-refractivity contribution in [2.24, 2.45) is 0 Å². The number of phenols is 2. The Morgan fingerprint density at radius 2 is 1.07 bits per heavy atom. The molecule has 4 aromatic carbocycles. The van der Waals surface area contributed by atoms with E-state index in [9.17, 15) is 10.2 Å². The van der Waals surface area contributed by atoms with Crippen LogP contribution in [0, 0.1) is 40.5 Å². The average Bonchev–Trinajstić information content (AvgIpc) is 3.89. The molecule has 13 N–H and O–H groups in total. The summed E-state index contributed by atoms with van der Waals surface area (Å²) in [4.78, 5) is 16.9. The van der Waals surface area contributed by atoms with Gasteiger partial charge in [0.1, 0.15) is 35.1 Å². The molecule has 0 amide bonds. The van der Waals surface area contributed by atoms with Crippen molar-refractivity contribution in [2.75, 3.05) is 11.1 Å². The first-order valence-electron chi connectivity index (χ1n) is 17.5. The molecule has 0 atom stereocenters. The van der Waals surface area contributed by atoms with Gasteiger partial charge in [0.25, 0.3) is 0 Å². The lowest BCUT2D eigenvalue weighted by Gasteiger charge is -2.14. The van der Waals surface area contributed by atoms with Gasteiger partial charge in [0.15, 0.2) is 0 Å². The van der Waals surface area contributed by atoms with E-state index in [2.05, 4.69) is 77.6 Å². The van der Waals surface area contributed by atoms with Crippen LogP contribution >= 0.6 is 11.6 Å². The predicted molar refractivity (Wildman–Crippen MR) is 238 cm³/mol. The SMILES string of the molecule is CC.CC.Cc1cc2ncnc(Cl)c2cc1C.Cc1cc2ncnc(Nc3ccc(O)c4c3CC=C4)c2cc1C.Nc1ccc(O)c2c1CC=C2.O.O.O.O.[C-]#C. The zero-order valence-corrected chi connectivity index (χ0v) is 34.5. The van der Waals surface area contributed by atoms with Crippen LogP contribution in [0.5, 0.6) is 11.5 Å². The molecule has 2 aliphatic rings. The van der Waals surface area contributed by atoms with E-state index >= 15 is 0 Å². The van der Waals surface area contributed by atoms with E-state index in [1.807, 2.05) is 64.1 Å². The summed E-state index contributed by atoms with van der Waals surface area (Å²) in [6, 6.07) is 15.2. The van der Waals surface area contributed by atoms with Crippen molar-refractivity contribution >= 4 is 62.8 Å². The van der Waals surface area contributed by atoms with Crippen molar-refractivity contribution in [1.82, 2.24) is 19.9 Å². The summed E-state index contributed by atoms with van der Waals surface area (Å²) in [5.41, 5.74) is 18.0. The highest BCUT2D eigenvalue weighted by molar-refractivity contribution is 6.34. The number of rotatable bonds is 2. The number of nitrogens with one attached hydrogen (secondary N) is 1. The summed E-state index contributed by atoms with van der Waals surface area (Å²) in [6.07, 6.45) is 21.6. The van der Waals surface area contributed by atoms with Gasteiger partial charge in [-0.3, -0.25) is 0 Å². The van der Waals surface area contributed by atoms with E-state index in [0.29, 0.717) is 16.7 Å². The number of nitrogens with zero attached hydrogens (tertiary/aromatic N) is 4. The molecule has 8 rings (SSSR count). The van der Waals surface area contributed by atoms with Gasteiger partial charge in [-0.1, -0.05) is 63.6 Å². The maximum atomic E-state index is 9.96.